The van der Waals surface area contributed by atoms with E-state index < -0.39 is 11.5 Å². The minimum Gasteiger partial charge on any atom is -0.477 e. The van der Waals surface area contributed by atoms with Crippen LogP contribution in [0.2, 0.25) is 0 Å². The number of hydrogen-bond acceptors (Lipinski definition) is 2. The molecule has 0 saturated heterocycles. The summed E-state index contributed by atoms with van der Waals surface area (Å²) in [6, 6.07) is 7.37. The molecule has 0 saturated carbocycles. The van der Waals surface area contributed by atoms with Crippen molar-refractivity contribution < 1.29 is 9.90 Å². The quantitative estimate of drug-likeness (QED) is 0.771. The van der Waals surface area contributed by atoms with Crippen LogP contribution in [0.15, 0.2) is 29.1 Å². The summed E-state index contributed by atoms with van der Waals surface area (Å²) >= 11 is 0. The van der Waals surface area contributed by atoms with E-state index in [0.717, 1.165) is 12.8 Å². The third-order valence-electron chi connectivity index (χ3n) is 2.77. The number of hydrogen-bond donors (Lipinski definition) is 3. The van der Waals surface area contributed by atoms with Crippen LogP contribution in [0, 0.1) is 0 Å². The van der Waals surface area contributed by atoms with Gasteiger partial charge in [0.05, 0.1) is 5.56 Å². The number of aromatic amines is 2. The number of aryl methyl sites for hydroxylation is 1. The summed E-state index contributed by atoms with van der Waals surface area (Å²) in [6.45, 7) is 2.09. The average molecular weight is 246 g/mol. The van der Waals surface area contributed by atoms with E-state index in [1.807, 2.05) is 12.1 Å². The van der Waals surface area contributed by atoms with Crippen LogP contribution in [0.25, 0.3) is 11.1 Å². The molecule has 0 aliphatic heterocycles. The van der Waals surface area contributed by atoms with Crippen molar-refractivity contribution in [3.8, 4) is 11.1 Å². The molecule has 0 spiro atoms. The van der Waals surface area contributed by atoms with Crippen molar-refractivity contribution in [3.63, 3.8) is 0 Å². The van der Waals surface area contributed by atoms with Crippen molar-refractivity contribution in [2.24, 2.45) is 0 Å². The van der Waals surface area contributed by atoms with E-state index in [9.17, 15) is 9.59 Å². The van der Waals surface area contributed by atoms with Crippen molar-refractivity contribution in [3.05, 3.63) is 45.9 Å². The number of nitrogens with one attached hydrogen (secondary N) is 2. The van der Waals surface area contributed by atoms with E-state index in [-0.39, 0.29) is 11.3 Å². The molecule has 2 aromatic rings. The molecule has 0 aliphatic rings. The number of carbonyl (C=O) groups is 1. The second-order valence-corrected chi connectivity index (χ2v) is 4.08. The number of carboxylic acid groups (broad SMARTS) is 1. The first kappa shape index (κ1) is 12.2. The SMILES string of the molecule is CCCc1ccc(-c2c(C(=O)O)[nH][nH]c2=O)cc1. The fourth-order valence-corrected chi connectivity index (χ4v) is 1.92. The van der Waals surface area contributed by atoms with E-state index in [1.165, 1.54) is 5.56 Å². The number of aromatic carboxylic acids is 1. The zero-order chi connectivity index (χ0) is 13.1. The Kier molecular flexibility index (Phi) is 3.32. The van der Waals surface area contributed by atoms with Gasteiger partial charge < -0.3 is 5.11 Å². The zero-order valence-corrected chi connectivity index (χ0v) is 9.99. The molecule has 1 aromatic carbocycles. The third-order valence-corrected chi connectivity index (χ3v) is 2.77. The monoisotopic (exact) mass is 246 g/mol. The van der Waals surface area contributed by atoms with Crippen LogP contribution in [0.3, 0.4) is 0 Å². The number of aromatic nitrogens is 2. The molecule has 1 heterocycles. The number of H-pyrrole nitrogens is 2. The number of rotatable bonds is 4. The van der Waals surface area contributed by atoms with Crippen LogP contribution < -0.4 is 5.56 Å². The summed E-state index contributed by atoms with van der Waals surface area (Å²) in [4.78, 5) is 22.6. The standard InChI is InChI=1S/C13H14N2O3/c1-2-3-8-4-6-9(7-5-8)10-11(13(17)18)14-15-12(10)16/h4-7H,2-3H2,1H3,(H,17,18)(H2,14,15,16). The zero-order valence-electron chi connectivity index (χ0n) is 9.99. The first-order valence-electron chi connectivity index (χ1n) is 5.76. The Morgan fingerprint density at radius 2 is 1.89 bits per heavy atom. The highest BCUT2D eigenvalue weighted by molar-refractivity contribution is 5.93. The predicted octanol–water partition coefficient (Wildman–Crippen LogP) is 2.02. The van der Waals surface area contributed by atoms with Crippen LogP contribution in [-0.2, 0) is 6.42 Å². The summed E-state index contributed by atoms with van der Waals surface area (Å²) < 4.78 is 0. The van der Waals surface area contributed by atoms with Crippen LogP contribution in [0.1, 0.15) is 29.4 Å². The van der Waals surface area contributed by atoms with Crippen LogP contribution in [0.5, 0.6) is 0 Å². The lowest BCUT2D eigenvalue weighted by atomic mass is 10.0. The first-order chi connectivity index (χ1) is 8.63. The van der Waals surface area contributed by atoms with Gasteiger partial charge in [-0.25, -0.2) is 4.79 Å². The summed E-state index contributed by atoms with van der Waals surface area (Å²) in [7, 11) is 0. The molecule has 0 fully saturated rings. The Bertz CT molecular complexity index is 608. The Morgan fingerprint density at radius 1 is 1.22 bits per heavy atom. The van der Waals surface area contributed by atoms with Crippen molar-refractivity contribution in [2.45, 2.75) is 19.8 Å². The lowest BCUT2D eigenvalue weighted by molar-refractivity contribution is 0.0691. The summed E-state index contributed by atoms with van der Waals surface area (Å²) in [5.74, 6) is -1.15. The minimum absolute atomic E-state index is 0.108. The molecular weight excluding hydrogens is 232 g/mol. The van der Waals surface area contributed by atoms with E-state index in [0.29, 0.717) is 5.56 Å². The lowest BCUT2D eigenvalue weighted by Gasteiger charge is -2.01. The van der Waals surface area contributed by atoms with E-state index in [4.69, 9.17) is 5.11 Å². The highest BCUT2D eigenvalue weighted by atomic mass is 16.4. The number of carboxylic acids is 1. The second kappa shape index (κ2) is 4.91. The Morgan fingerprint density at radius 3 is 2.44 bits per heavy atom. The Hall–Kier alpha value is -2.30. The van der Waals surface area contributed by atoms with Gasteiger partial charge in [0, 0.05) is 0 Å². The molecule has 0 radical (unpaired) electrons. The van der Waals surface area contributed by atoms with Gasteiger partial charge in [0.15, 0.2) is 5.69 Å². The molecule has 1 aromatic heterocycles. The average Bonchev–Trinajstić information content (AvgIpc) is 2.73. The predicted molar refractivity (Wildman–Crippen MR) is 67.8 cm³/mol. The van der Waals surface area contributed by atoms with Gasteiger partial charge in [-0.3, -0.25) is 15.0 Å². The third kappa shape index (κ3) is 2.20. The van der Waals surface area contributed by atoms with Crippen molar-refractivity contribution in [2.75, 3.05) is 0 Å². The van der Waals surface area contributed by atoms with Crippen LogP contribution >= 0.6 is 0 Å². The summed E-state index contributed by atoms with van der Waals surface area (Å²) in [6.07, 6.45) is 2.01. The molecule has 2 rings (SSSR count). The second-order valence-electron chi connectivity index (χ2n) is 4.08. The van der Waals surface area contributed by atoms with Gasteiger partial charge in [-0.05, 0) is 17.5 Å². The van der Waals surface area contributed by atoms with Crippen LogP contribution in [-0.4, -0.2) is 21.3 Å². The Balaban J connectivity index is 2.45. The summed E-state index contributed by atoms with van der Waals surface area (Å²) in [5, 5.41) is 13.7. The van der Waals surface area contributed by atoms with E-state index in [1.54, 1.807) is 12.1 Å². The maximum absolute atomic E-state index is 11.6. The molecule has 0 bridgehead atoms. The fraction of sp³-hybridized carbons (Fsp3) is 0.231. The lowest BCUT2D eigenvalue weighted by Crippen LogP contribution is -2.05. The van der Waals surface area contributed by atoms with Gasteiger partial charge in [-0.2, -0.15) is 0 Å². The molecule has 0 amide bonds. The molecule has 18 heavy (non-hydrogen) atoms. The van der Waals surface area contributed by atoms with Crippen molar-refractivity contribution in [1.29, 1.82) is 0 Å². The summed E-state index contributed by atoms with van der Waals surface area (Å²) in [5.41, 5.74) is 1.42. The molecular formula is C13H14N2O3. The molecule has 5 heteroatoms. The van der Waals surface area contributed by atoms with Gasteiger partial charge in [-0.15, -0.1) is 0 Å². The minimum atomic E-state index is -1.15. The molecule has 94 valence electrons. The van der Waals surface area contributed by atoms with Gasteiger partial charge in [0.1, 0.15) is 0 Å². The van der Waals surface area contributed by atoms with Gasteiger partial charge in [0.25, 0.3) is 5.56 Å². The topological polar surface area (TPSA) is 85.9 Å². The molecule has 0 atom stereocenters. The fourth-order valence-electron chi connectivity index (χ4n) is 1.92. The first-order valence-corrected chi connectivity index (χ1v) is 5.76. The molecule has 3 N–H and O–H groups in total. The molecule has 0 unspecified atom stereocenters. The van der Waals surface area contributed by atoms with Gasteiger partial charge >= 0.3 is 5.97 Å². The maximum atomic E-state index is 11.6. The molecule has 5 nitrogen and oxygen atoms in total. The number of benzene rings is 1. The highest BCUT2D eigenvalue weighted by Gasteiger charge is 2.17. The normalized spacial score (nSPS) is 10.5. The molecule has 0 aliphatic carbocycles. The van der Waals surface area contributed by atoms with Gasteiger partial charge in [-0.1, -0.05) is 37.6 Å². The van der Waals surface area contributed by atoms with Crippen molar-refractivity contribution in [1.82, 2.24) is 10.2 Å². The van der Waals surface area contributed by atoms with E-state index >= 15 is 0 Å². The van der Waals surface area contributed by atoms with Gasteiger partial charge in [0.2, 0.25) is 0 Å². The maximum Gasteiger partial charge on any atom is 0.354 e. The smallest absolute Gasteiger partial charge is 0.354 e. The van der Waals surface area contributed by atoms with Crippen LogP contribution in [0.4, 0.5) is 0 Å². The largest absolute Gasteiger partial charge is 0.477 e. The highest BCUT2D eigenvalue weighted by Crippen LogP contribution is 2.19. The Labute approximate surface area is 103 Å². The van der Waals surface area contributed by atoms with E-state index in [2.05, 4.69) is 17.1 Å². The van der Waals surface area contributed by atoms with Crippen molar-refractivity contribution >= 4 is 5.97 Å².